The topological polar surface area (TPSA) is 46.3 Å². The predicted octanol–water partition coefficient (Wildman–Crippen LogP) is 3.97. The maximum atomic E-state index is 4.53. The molecule has 1 aromatic carbocycles. The van der Waals surface area contributed by atoms with Crippen molar-refractivity contribution in [3.8, 4) is 0 Å². The summed E-state index contributed by atoms with van der Waals surface area (Å²) in [6.45, 7) is 4.17. The Bertz CT molecular complexity index is 1080. The molecule has 0 aliphatic carbocycles. The van der Waals surface area contributed by atoms with Crippen LogP contribution in [0.15, 0.2) is 54.9 Å². The van der Waals surface area contributed by atoms with Crippen molar-refractivity contribution in [3.63, 3.8) is 0 Å². The third-order valence-corrected chi connectivity index (χ3v) is 5.34. The fourth-order valence-corrected chi connectivity index (χ4v) is 4.07. The minimum absolute atomic E-state index is 0.383. The molecule has 1 atom stereocenters. The van der Waals surface area contributed by atoms with Crippen molar-refractivity contribution < 1.29 is 0 Å². The molecule has 5 nitrogen and oxygen atoms in total. The van der Waals surface area contributed by atoms with E-state index in [1.807, 2.05) is 24.4 Å². The molecule has 5 rings (SSSR count). The summed E-state index contributed by atoms with van der Waals surface area (Å²) >= 11 is 0. The highest BCUT2D eigenvalue weighted by Crippen LogP contribution is 2.33. The van der Waals surface area contributed by atoms with Crippen LogP contribution in [0.4, 0.5) is 5.69 Å². The second-order valence-corrected chi connectivity index (χ2v) is 7.12. The van der Waals surface area contributed by atoms with Gasteiger partial charge in [0.2, 0.25) is 0 Å². The highest BCUT2D eigenvalue weighted by Gasteiger charge is 2.26. The maximum Gasteiger partial charge on any atom is 0.160 e. The quantitative estimate of drug-likeness (QED) is 0.552. The van der Waals surface area contributed by atoms with E-state index in [0.29, 0.717) is 5.92 Å². The highest BCUT2D eigenvalue weighted by atomic mass is 15.3. The largest absolute Gasteiger partial charge is 0.370 e. The van der Waals surface area contributed by atoms with Crippen molar-refractivity contribution in [2.24, 2.45) is 0 Å². The van der Waals surface area contributed by atoms with Gasteiger partial charge in [-0.15, -0.1) is 10.2 Å². The standard InChI is InChI=1S/C21H21N5/c1-15-7-8-18-17(13-15)19(9-10-22-18)25-11-4-5-16(14-25)21-24-23-20-6-2-3-12-26(20)21/h2-3,6-10,12-13,16H,4-5,11,14H2,1H3. The Hall–Kier alpha value is -2.95. The molecule has 5 heteroatoms. The second-order valence-electron chi connectivity index (χ2n) is 7.12. The van der Waals surface area contributed by atoms with E-state index >= 15 is 0 Å². The molecule has 0 saturated carbocycles. The summed E-state index contributed by atoms with van der Waals surface area (Å²) in [5.74, 6) is 1.45. The summed E-state index contributed by atoms with van der Waals surface area (Å²) in [7, 11) is 0. The van der Waals surface area contributed by atoms with Gasteiger partial charge in [0.25, 0.3) is 0 Å². The molecule has 1 aliphatic rings. The van der Waals surface area contributed by atoms with Crippen LogP contribution < -0.4 is 4.90 Å². The fourth-order valence-electron chi connectivity index (χ4n) is 4.07. The van der Waals surface area contributed by atoms with Crippen molar-refractivity contribution >= 4 is 22.2 Å². The molecule has 4 aromatic rings. The van der Waals surface area contributed by atoms with Gasteiger partial charge in [0.1, 0.15) is 5.82 Å². The number of hydrogen-bond donors (Lipinski definition) is 0. The Morgan fingerprint density at radius 3 is 3.00 bits per heavy atom. The first kappa shape index (κ1) is 15.3. The summed E-state index contributed by atoms with van der Waals surface area (Å²) in [5, 5.41) is 10.1. The van der Waals surface area contributed by atoms with Crippen molar-refractivity contribution in [3.05, 3.63) is 66.2 Å². The molecule has 1 saturated heterocycles. The predicted molar refractivity (Wildman–Crippen MR) is 104 cm³/mol. The zero-order chi connectivity index (χ0) is 17.5. The minimum Gasteiger partial charge on any atom is -0.370 e. The average molecular weight is 343 g/mol. The monoisotopic (exact) mass is 343 g/mol. The lowest BCUT2D eigenvalue weighted by molar-refractivity contribution is 0.489. The van der Waals surface area contributed by atoms with Crippen LogP contribution in [0.3, 0.4) is 0 Å². The van der Waals surface area contributed by atoms with Gasteiger partial charge < -0.3 is 4.90 Å². The summed E-state index contributed by atoms with van der Waals surface area (Å²) in [4.78, 5) is 7.02. The summed E-state index contributed by atoms with van der Waals surface area (Å²) in [6, 6.07) is 14.7. The van der Waals surface area contributed by atoms with Crippen LogP contribution in [0.5, 0.6) is 0 Å². The van der Waals surface area contributed by atoms with Gasteiger partial charge in [0, 0.05) is 42.5 Å². The first-order valence-corrected chi connectivity index (χ1v) is 9.19. The number of rotatable bonds is 2. The molecule has 0 spiro atoms. The van der Waals surface area contributed by atoms with E-state index in [9.17, 15) is 0 Å². The SMILES string of the molecule is Cc1ccc2nccc(N3CCCC(c4nnc5ccccn45)C3)c2c1. The van der Waals surface area contributed by atoms with Crippen LogP contribution >= 0.6 is 0 Å². The van der Waals surface area contributed by atoms with Gasteiger partial charge >= 0.3 is 0 Å². The zero-order valence-electron chi connectivity index (χ0n) is 14.8. The van der Waals surface area contributed by atoms with Gasteiger partial charge in [-0.3, -0.25) is 9.38 Å². The van der Waals surface area contributed by atoms with E-state index < -0.39 is 0 Å². The van der Waals surface area contributed by atoms with E-state index in [2.05, 4.69) is 61.9 Å². The molecule has 1 unspecified atom stereocenters. The summed E-state index contributed by atoms with van der Waals surface area (Å²) in [5.41, 5.74) is 4.52. The number of fused-ring (bicyclic) bond motifs is 2. The number of aryl methyl sites for hydroxylation is 1. The Morgan fingerprint density at radius 1 is 1.08 bits per heavy atom. The molecule has 1 fully saturated rings. The maximum absolute atomic E-state index is 4.53. The number of benzene rings is 1. The van der Waals surface area contributed by atoms with Gasteiger partial charge in [-0.25, -0.2) is 0 Å². The first-order valence-electron chi connectivity index (χ1n) is 9.19. The van der Waals surface area contributed by atoms with Crippen LogP contribution in [0.2, 0.25) is 0 Å². The second kappa shape index (κ2) is 6.09. The summed E-state index contributed by atoms with van der Waals surface area (Å²) in [6.07, 6.45) is 6.29. The third kappa shape index (κ3) is 2.51. The molecule has 4 heterocycles. The van der Waals surface area contributed by atoms with Crippen LogP contribution in [0.1, 0.15) is 30.1 Å². The lowest BCUT2D eigenvalue weighted by atomic mass is 9.96. The Kier molecular flexibility index (Phi) is 3.59. The molecular weight excluding hydrogens is 322 g/mol. The Balaban J connectivity index is 1.53. The molecule has 0 N–H and O–H groups in total. The molecule has 130 valence electrons. The highest BCUT2D eigenvalue weighted by molar-refractivity contribution is 5.92. The normalized spacial score (nSPS) is 17.9. The van der Waals surface area contributed by atoms with Gasteiger partial charge in [-0.1, -0.05) is 17.7 Å². The Morgan fingerprint density at radius 2 is 2.04 bits per heavy atom. The first-order chi connectivity index (χ1) is 12.8. The van der Waals surface area contributed by atoms with E-state index in [-0.39, 0.29) is 0 Å². The summed E-state index contributed by atoms with van der Waals surface area (Å²) < 4.78 is 2.13. The van der Waals surface area contributed by atoms with Crippen LogP contribution in [-0.4, -0.2) is 32.7 Å². The number of piperidine rings is 1. The van der Waals surface area contributed by atoms with Crippen molar-refractivity contribution in [2.45, 2.75) is 25.7 Å². The van der Waals surface area contributed by atoms with E-state index in [1.54, 1.807) is 0 Å². The van der Waals surface area contributed by atoms with Gasteiger partial charge in [0.05, 0.1) is 5.52 Å². The Labute approximate surface area is 152 Å². The molecule has 3 aromatic heterocycles. The van der Waals surface area contributed by atoms with E-state index in [0.717, 1.165) is 42.9 Å². The van der Waals surface area contributed by atoms with Crippen molar-refractivity contribution in [2.75, 3.05) is 18.0 Å². The zero-order valence-corrected chi connectivity index (χ0v) is 14.8. The number of pyridine rings is 2. The van der Waals surface area contributed by atoms with Gasteiger partial charge in [0.15, 0.2) is 5.65 Å². The molecular formula is C21H21N5. The van der Waals surface area contributed by atoms with Gasteiger partial charge in [-0.2, -0.15) is 0 Å². The van der Waals surface area contributed by atoms with Crippen molar-refractivity contribution in [1.82, 2.24) is 19.6 Å². The third-order valence-electron chi connectivity index (χ3n) is 5.34. The van der Waals surface area contributed by atoms with E-state index in [4.69, 9.17) is 0 Å². The molecule has 0 amide bonds. The lowest BCUT2D eigenvalue weighted by Crippen LogP contribution is -2.35. The van der Waals surface area contributed by atoms with Crippen molar-refractivity contribution in [1.29, 1.82) is 0 Å². The lowest BCUT2D eigenvalue weighted by Gasteiger charge is -2.34. The molecule has 26 heavy (non-hydrogen) atoms. The molecule has 1 aliphatic heterocycles. The van der Waals surface area contributed by atoms with Gasteiger partial charge in [-0.05, 0) is 50.1 Å². The average Bonchev–Trinajstić information content (AvgIpc) is 3.12. The fraction of sp³-hybridized carbons (Fsp3) is 0.286. The number of aromatic nitrogens is 4. The minimum atomic E-state index is 0.383. The number of anilines is 1. The molecule has 0 bridgehead atoms. The smallest absolute Gasteiger partial charge is 0.160 e. The number of nitrogens with zero attached hydrogens (tertiary/aromatic N) is 5. The van der Waals surface area contributed by atoms with Crippen LogP contribution in [0.25, 0.3) is 16.6 Å². The van der Waals surface area contributed by atoms with Crippen LogP contribution in [-0.2, 0) is 0 Å². The van der Waals surface area contributed by atoms with E-state index in [1.165, 1.54) is 16.6 Å². The molecule has 0 radical (unpaired) electrons. The number of hydrogen-bond acceptors (Lipinski definition) is 4. The van der Waals surface area contributed by atoms with Crippen LogP contribution in [0, 0.1) is 6.92 Å².